The maximum atomic E-state index is 13.8. The fourth-order valence-electron chi connectivity index (χ4n) is 1.83. The lowest BCUT2D eigenvalue weighted by Crippen LogP contribution is -2.15. The van der Waals surface area contributed by atoms with Gasteiger partial charge in [0.2, 0.25) is 0 Å². The highest BCUT2D eigenvalue weighted by Crippen LogP contribution is 2.22. The SMILES string of the molecule is CCCNCc1cccc(F)c1OCCCOCCOC. The third-order valence-electron chi connectivity index (χ3n) is 2.90. The largest absolute Gasteiger partial charge is 0.490 e. The predicted molar refractivity (Wildman–Crippen MR) is 81.2 cm³/mol. The van der Waals surface area contributed by atoms with Gasteiger partial charge in [-0.25, -0.2) is 4.39 Å². The van der Waals surface area contributed by atoms with Gasteiger partial charge in [-0.1, -0.05) is 19.1 Å². The minimum absolute atomic E-state index is 0.314. The Balaban J connectivity index is 2.35. The monoisotopic (exact) mass is 299 g/mol. The zero-order valence-electron chi connectivity index (χ0n) is 13.0. The lowest BCUT2D eigenvalue weighted by Gasteiger charge is -2.13. The van der Waals surface area contributed by atoms with E-state index in [2.05, 4.69) is 12.2 Å². The molecule has 0 saturated heterocycles. The highest BCUT2D eigenvalue weighted by Gasteiger charge is 2.09. The van der Waals surface area contributed by atoms with E-state index >= 15 is 0 Å². The van der Waals surface area contributed by atoms with Crippen LogP contribution in [0.5, 0.6) is 5.75 Å². The molecule has 0 bridgehead atoms. The van der Waals surface area contributed by atoms with Gasteiger partial charge in [0.15, 0.2) is 11.6 Å². The van der Waals surface area contributed by atoms with Gasteiger partial charge in [-0.2, -0.15) is 0 Å². The molecule has 0 unspecified atom stereocenters. The van der Waals surface area contributed by atoms with Crippen LogP contribution in [0.1, 0.15) is 25.3 Å². The standard InChI is InChI=1S/C16H26FNO3/c1-3-8-18-13-14-6-4-7-15(17)16(14)21-10-5-9-20-12-11-19-2/h4,6-7,18H,3,5,8-13H2,1-2H3. The minimum atomic E-state index is -0.314. The summed E-state index contributed by atoms with van der Waals surface area (Å²) >= 11 is 0. The van der Waals surface area contributed by atoms with Gasteiger partial charge in [-0.15, -0.1) is 0 Å². The first-order valence-electron chi connectivity index (χ1n) is 7.47. The Kier molecular flexibility index (Phi) is 9.78. The second-order valence-electron chi connectivity index (χ2n) is 4.71. The number of ether oxygens (including phenoxy) is 3. The topological polar surface area (TPSA) is 39.7 Å². The maximum Gasteiger partial charge on any atom is 0.165 e. The average Bonchev–Trinajstić information content (AvgIpc) is 2.49. The van der Waals surface area contributed by atoms with Gasteiger partial charge in [0.1, 0.15) is 0 Å². The number of hydrogen-bond acceptors (Lipinski definition) is 4. The molecular formula is C16H26FNO3. The molecule has 0 saturated carbocycles. The molecule has 0 aromatic heterocycles. The zero-order valence-corrected chi connectivity index (χ0v) is 13.0. The molecule has 21 heavy (non-hydrogen) atoms. The summed E-state index contributed by atoms with van der Waals surface area (Å²) in [5.74, 6) is 0.0316. The van der Waals surface area contributed by atoms with Crippen LogP contribution < -0.4 is 10.1 Å². The van der Waals surface area contributed by atoms with Crippen LogP contribution in [0.4, 0.5) is 4.39 Å². The molecule has 0 amide bonds. The molecule has 0 fully saturated rings. The van der Waals surface area contributed by atoms with E-state index in [1.54, 1.807) is 13.2 Å². The number of benzene rings is 1. The number of rotatable bonds is 12. The molecule has 0 spiro atoms. The van der Waals surface area contributed by atoms with Crippen LogP contribution in [0, 0.1) is 5.82 Å². The summed E-state index contributed by atoms with van der Waals surface area (Å²) < 4.78 is 29.6. The van der Waals surface area contributed by atoms with E-state index in [9.17, 15) is 4.39 Å². The van der Waals surface area contributed by atoms with Crippen LogP contribution in [0.2, 0.25) is 0 Å². The number of nitrogens with one attached hydrogen (secondary N) is 1. The van der Waals surface area contributed by atoms with Gasteiger partial charge >= 0.3 is 0 Å². The lowest BCUT2D eigenvalue weighted by atomic mass is 10.2. The Labute approximate surface area is 126 Å². The van der Waals surface area contributed by atoms with Crippen molar-refractivity contribution in [2.75, 3.05) is 40.1 Å². The number of halogens is 1. The first-order chi connectivity index (χ1) is 10.3. The first-order valence-corrected chi connectivity index (χ1v) is 7.47. The molecule has 0 aliphatic carbocycles. The average molecular weight is 299 g/mol. The molecule has 0 atom stereocenters. The normalized spacial score (nSPS) is 10.8. The summed E-state index contributed by atoms with van der Waals surface area (Å²) in [5.41, 5.74) is 0.851. The van der Waals surface area contributed by atoms with E-state index in [0.717, 1.165) is 24.9 Å². The van der Waals surface area contributed by atoms with Gasteiger partial charge in [-0.05, 0) is 19.0 Å². The van der Waals surface area contributed by atoms with Crippen molar-refractivity contribution in [3.8, 4) is 5.75 Å². The molecule has 120 valence electrons. The smallest absolute Gasteiger partial charge is 0.165 e. The van der Waals surface area contributed by atoms with E-state index in [-0.39, 0.29) is 5.82 Å². The number of methoxy groups -OCH3 is 1. The quantitative estimate of drug-likeness (QED) is 0.602. The van der Waals surface area contributed by atoms with E-state index in [1.165, 1.54) is 6.07 Å². The van der Waals surface area contributed by atoms with E-state index in [4.69, 9.17) is 14.2 Å². The van der Waals surface area contributed by atoms with Gasteiger partial charge in [0.05, 0.1) is 19.8 Å². The number of hydrogen-bond donors (Lipinski definition) is 1. The Morgan fingerprint density at radius 3 is 2.76 bits per heavy atom. The van der Waals surface area contributed by atoms with E-state index < -0.39 is 0 Å². The highest BCUT2D eigenvalue weighted by molar-refractivity contribution is 5.34. The van der Waals surface area contributed by atoms with Gasteiger partial charge in [0.25, 0.3) is 0 Å². The van der Waals surface area contributed by atoms with Crippen LogP contribution in [0.3, 0.4) is 0 Å². The van der Waals surface area contributed by atoms with Crippen LogP contribution in [-0.4, -0.2) is 40.1 Å². The molecule has 1 aromatic carbocycles. The lowest BCUT2D eigenvalue weighted by molar-refractivity contribution is 0.0641. The molecule has 0 aliphatic rings. The van der Waals surface area contributed by atoms with Gasteiger partial charge in [0, 0.05) is 32.2 Å². The summed E-state index contributed by atoms with van der Waals surface area (Å²) in [6.07, 6.45) is 1.77. The van der Waals surface area contributed by atoms with Crippen molar-refractivity contribution >= 4 is 0 Å². The van der Waals surface area contributed by atoms with Crippen molar-refractivity contribution in [2.45, 2.75) is 26.3 Å². The Morgan fingerprint density at radius 2 is 2.00 bits per heavy atom. The molecule has 1 N–H and O–H groups in total. The second-order valence-corrected chi connectivity index (χ2v) is 4.71. The van der Waals surface area contributed by atoms with E-state index in [0.29, 0.717) is 38.7 Å². The second kappa shape index (κ2) is 11.5. The molecule has 1 aromatic rings. The Morgan fingerprint density at radius 1 is 1.14 bits per heavy atom. The first kappa shape index (κ1) is 17.9. The molecule has 0 aliphatic heterocycles. The van der Waals surface area contributed by atoms with Gasteiger partial charge < -0.3 is 19.5 Å². The van der Waals surface area contributed by atoms with Crippen molar-refractivity contribution in [3.05, 3.63) is 29.6 Å². The molecule has 0 radical (unpaired) electrons. The number of para-hydroxylation sites is 1. The maximum absolute atomic E-state index is 13.8. The predicted octanol–water partition coefficient (Wildman–Crippen LogP) is 2.76. The zero-order chi connectivity index (χ0) is 15.3. The Bertz CT molecular complexity index is 388. The fraction of sp³-hybridized carbons (Fsp3) is 0.625. The molecular weight excluding hydrogens is 273 g/mol. The fourth-order valence-corrected chi connectivity index (χ4v) is 1.83. The van der Waals surface area contributed by atoms with Crippen molar-refractivity contribution < 1.29 is 18.6 Å². The molecule has 5 heteroatoms. The summed E-state index contributed by atoms with van der Waals surface area (Å²) in [7, 11) is 1.64. The van der Waals surface area contributed by atoms with E-state index in [1.807, 2.05) is 6.07 Å². The van der Waals surface area contributed by atoms with Crippen LogP contribution in [0.25, 0.3) is 0 Å². The van der Waals surface area contributed by atoms with Crippen LogP contribution >= 0.6 is 0 Å². The summed E-state index contributed by atoms with van der Waals surface area (Å²) in [6, 6.07) is 5.02. The summed E-state index contributed by atoms with van der Waals surface area (Å²) in [6.45, 7) is 5.80. The third kappa shape index (κ3) is 7.41. The third-order valence-corrected chi connectivity index (χ3v) is 2.90. The summed E-state index contributed by atoms with van der Waals surface area (Å²) in [5, 5.41) is 3.26. The van der Waals surface area contributed by atoms with Crippen LogP contribution in [0.15, 0.2) is 18.2 Å². The highest BCUT2D eigenvalue weighted by atomic mass is 19.1. The van der Waals surface area contributed by atoms with Crippen LogP contribution in [-0.2, 0) is 16.0 Å². The van der Waals surface area contributed by atoms with Crippen molar-refractivity contribution in [2.24, 2.45) is 0 Å². The molecule has 1 rings (SSSR count). The van der Waals surface area contributed by atoms with Crippen molar-refractivity contribution in [3.63, 3.8) is 0 Å². The molecule has 0 heterocycles. The minimum Gasteiger partial charge on any atom is -0.490 e. The summed E-state index contributed by atoms with van der Waals surface area (Å²) in [4.78, 5) is 0. The Hall–Kier alpha value is -1.17. The van der Waals surface area contributed by atoms with Crippen molar-refractivity contribution in [1.82, 2.24) is 5.32 Å². The molecule has 4 nitrogen and oxygen atoms in total. The van der Waals surface area contributed by atoms with Gasteiger partial charge in [-0.3, -0.25) is 0 Å². The van der Waals surface area contributed by atoms with Crippen molar-refractivity contribution in [1.29, 1.82) is 0 Å².